The first-order valence-corrected chi connectivity index (χ1v) is 8.06. The van der Waals surface area contributed by atoms with Crippen LogP contribution in [-0.2, 0) is 10.9 Å². The highest BCUT2D eigenvalue weighted by Crippen LogP contribution is 2.38. The third kappa shape index (κ3) is 3.67. The number of carbonyl (C=O) groups excluding carboxylic acids is 1. The predicted molar refractivity (Wildman–Crippen MR) is 86.6 cm³/mol. The van der Waals surface area contributed by atoms with E-state index in [0.29, 0.717) is 16.9 Å². The van der Waals surface area contributed by atoms with Crippen LogP contribution in [0.5, 0.6) is 5.75 Å². The van der Waals surface area contributed by atoms with Crippen LogP contribution in [0.15, 0.2) is 41.3 Å². The summed E-state index contributed by atoms with van der Waals surface area (Å²) in [7, 11) is 2.58. The van der Waals surface area contributed by atoms with Crippen LogP contribution in [0.4, 0.5) is 13.2 Å². The monoisotopic (exact) mass is 356 g/mol. The van der Waals surface area contributed by atoms with E-state index in [1.165, 1.54) is 24.9 Å². The van der Waals surface area contributed by atoms with Crippen LogP contribution < -0.4 is 4.74 Å². The number of thioether (sulfide) groups is 1. The number of alkyl halides is 3. The Morgan fingerprint density at radius 3 is 2.29 bits per heavy atom. The third-order valence-electron chi connectivity index (χ3n) is 3.45. The number of methoxy groups -OCH3 is 2. The van der Waals surface area contributed by atoms with Gasteiger partial charge in [-0.3, -0.25) is 0 Å². The molecule has 0 spiro atoms. The molecular weight excluding hydrogens is 341 g/mol. The first kappa shape index (κ1) is 18.2. The minimum atomic E-state index is -4.55. The quantitative estimate of drug-likeness (QED) is 0.577. The van der Waals surface area contributed by atoms with Crippen molar-refractivity contribution in [1.82, 2.24) is 0 Å². The molecule has 0 atom stereocenters. The second-order valence-electron chi connectivity index (χ2n) is 4.82. The number of hydrogen-bond donors (Lipinski definition) is 0. The van der Waals surface area contributed by atoms with Gasteiger partial charge in [-0.2, -0.15) is 13.2 Å². The van der Waals surface area contributed by atoms with Gasteiger partial charge in [-0.05, 0) is 42.2 Å². The van der Waals surface area contributed by atoms with Crippen LogP contribution in [0, 0.1) is 0 Å². The number of rotatable bonds is 4. The Hall–Kier alpha value is -2.15. The molecule has 24 heavy (non-hydrogen) atoms. The SMILES string of the molecule is COC(=O)c1cc(C(F)(F)F)ccc1-c1cc(SC)ccc1OC. The summed E-state index contributed by atoms with van der Waals surface area (Å²) in [5, 5.41) is 0. The van der Waals surface area contributed by atoms with E-state index < -0.39 is 17.7 Å². The molecule has 0 saturated heterocycles. The Kier molecular flexibility index (Phi) is 5.43. The molecule has 0 N–H and O–H groups in total. The summed E-state index contributed by atoms with van der Waals surface area (Å²) in [5.74, 6) is -0.384. The maximum atomic E-state index is 13.0. The molecule has 2 rings (SSSR count). The van der Waals surface area contributed by atoms with Crippen molar-refractivity contribution in [2.45, 2.75) is 11.1 Å². The van der Waals surface area contributed by atoms with Crippen LogP contribution in [0.3, 0.4) is 0 Å². The Morgan fingerprint density at radius 1 is 1.04 bits per heavy atom. The van der Waals surface area contributed by atoms with E-state index in [-0.39, 0.29) is 5.56 Å². The normalized spacial score (nSPS) is 11.2. The van der Waals surface area contributed by atoms with E-state index in [0.717, 1.165) is 24.1 Å². The molecule has 7 heteroatoms. The lowest BCUT2D eigenvalue weighted by molar-refractivity contribution is -0.137. The lowest BCUT2D eigenvalue weighted by Gasteiger charge is -2.15. The average Bonchev–Trinajstić information content (AvgIpc) is 2.59. The van der Waals surface area contributed by atoms with Gasteiger partial charge >= 0.3 is 12.1 Å². The number of esters is 1. The summed E-state index contributed by atoms with van der Waals surface area (Å²) in [6, 6.07) is 8.30. The number of ether oxygens (including phenoxy) is 2. The lowest BCUT2D eigenvalue weighted by Crippen LogP contribution is -2.10. The largest absolute Gasteiger partial charge is 0.496 e. The highest BCUT2D eigenvalue weighted by Gasteiger charge is 2.32. The van der Waals surface area contributed by atoms with Crippen molar-refractivity contribution in [2.24, 2.45) is 0 Å². The zero-order chi connectivity index (χ0) is 17.9. The van der Waals surface area contributed by atoms with Crippen molar-refractivity contribution < 1.29 is 27.4 Å². The minimum Gasteiger partial charge on any atom is -0.496 e. The van der Waals surface area contributed by atoms with Crippen molar-refractivity contribution in [3.63, 3.8) is 0 Å². The molecule has 0 aromatic heterocycles. The molecule has 0 saturated carbocycles. The summed E-state index contributed by atoms with van der Waals surface area (Å²) in [6.07, 6.45) is -2.67. The van der Waals surface area contributed by atoms with Crippen LogP contribution >= 0.6 is 11.8 Å². The standard InChI is InChI=1S/C17H15F3O3S/c1-22-15-7-5-11(24-3)9-13(15)12-6-4-10(17(18,19)20)8-14(12)16(21)23-2/h4-9H,1-3H3. The van der Waals surface area contributed by atoms with E-state index >= 15 is 0 Å². The van der Waals surface area contributed by atoms with Gasteiger partial charge in [0.05, 0.1) is 25.3 Å². The minimum absolute atomic E-state index is 0.163. The first-order chi connectivity index (χ1) is 11.3. The summed E-state index contributed by atoms with van der Waals surface area (Å²) < 4.78 is 48.8. The van der Waals surface area contributed by atoms with E-state index in [9.17, 15) is 18.0 Å². The fourth-order valence-corrected chi connectivity index (χ4v) is 2.70. The van der Waals surface area contributed by atoms with Crippen molar-refractivity contribution in [2.75, 3.05) is 20.5 Å². The van der Waals surface area contributed by atoms with Gasteiger partial charge in [-0.1, -0.05) is 6.07 Å². The molecular formula is C17H15F3O3S. The lowest BCUT2D eigenvalue weighted by atomic mass is 9.96. The Morgan fingerprint density at radius 2 is 1.75 bits per heavy atom. The van der Waals surface area contributed by atoms with Crippen molar-refractivity contribution in [3.8, 4) is 16.9 Å². The molecule has 0 aliphatic rings. The zero-order valence-corrected chi connectivity index (χ0v) is 14.0. The summed E-state index contributed by atoms with van der Waals surface area (Å²) in [4.78, 5) is 12.9. The second-order valence-corrected chi connectivity index (χ2v) is 5.70. The Labute approximate surface area is 141 Å². The maximum absolute atomic E-state index is 13.0. The summed E-state index contributed by atoms with van der Waals surface area (Å²) in [5.41, 5.74) is -0.225. The van der Waals surface area contributed by atoms with Crippen LogP contribution in [0.25, 0.3) is 11.1 Å². The molecule has 0 bridgehead atoms. The van der Waals surface area contributed by atoms with Crippen molar-refractivity contribution >= 4 is 17.7 Å². The third-order valence-corrected chi connectivity index (χ3v) is 4.17. The molecule has 128 valence electrons. The molecule has 3 nitrogen and oxygen atoms in total. The van der Waals surface area contributed by atoms with E-state index in [2.05, 4.69) is 4.74 Å². The van der Waals surface area contributed by atoms with Crippen LogP contribution in [0.2, 0.25) is 0 Å². The van der Waals surface area contributed by atoms with Gasteiger partial charge in [-0.25, -0.2) is 4.79 Å². The summed E-state index contributed by atoms with van der Waals surface area (Å²) in [6.45, 7) is 0. The van der Waals surface area contributed by atoms with Gasteiger partial charge < -0.3 is 9.47 Å². The molecule has 0 amide bonds. The fraction of sp³-hybridized carbons (Fsp3) is 0.235. The van der Waals surface area contributed by atoms with Gasteiger partial charge in [0, 0.05) is 10.5 Å². The smallest absolute Gasteiger partial charge is 0.416 e. The molecule has 0 heterocycles. The molecule has 0 aliphatic carbocycles. The predicted octanol–water partition coefficient (Wildman–Crippen LogP) is 4.89. The summed E-state index contributed by atoms with van der Waals surface area (Å²) >= 11 is 1.47. The number of benzene rings is 2. The average molecular weight is 356 g/mol. The molecule has 0 radical (unpaired) electrons. The molecule has 0 unspecified atom stereocenters. The first-order valence-electron chi connectivity index (χ1n) is 6.83. The van der Waals surface area contributed by atoms with E-state index in [1.807, 2.05) is 12.3 Å². The molecule has 2 aromatic carbocycles. The van der Waals surface area contributed by atoms with Crippen LogP contribution in [0.1, 0.15) is 15.9 Å². The van der Waals surface area contributed by atoms with E-state index in [4.69, 9.17) is 4.74 Å². The molecule has 0 fully saturated rings. The highest BCUT2D eigenvalue weighted by atomic mass is 32.2. The van der Waals surface area contributed by atoms with Gasteiger partial charge in [0.1, 0.15) is 5.75 Å². The zero-order valence-electron chi connectivity index (χ0n) is 13.2. The van der Waals surface area contributed by atoms with Crippen molar-refractivity contribution in [3.05, 3.63) is 47.5 Å². The highest BCUT2D eigenvalue weighted by molar-refractivity contribution is 7.98. The molecule has 0 aliphatic heterocycles. The Balaban J connectivity index is 2.72. The Bertz CT molecular complexity index is 757. The van der Waals surface area contributed by atoms with Gasteiger partial charge in [0.2, 0.25) is 0 Å². The van der Waals surface area contributed by atoms with Crippen molar-refractivity contribution in [1.29, 1.82) is 0 Å². The molecule has 2 aromatic rings. The van der Waals surface area contributed by atoms with E-state index in [1.54, 1.807) is 12.1 Å². The van der Waals surface area contributed by atoms with Crippen LogP contribution in [-0.4, -0.2) is 26.4 Å². The second kappa shape index (κ2) is 7.17. The number of hydrogen-bond acceptors (Lipinski definition) is 4. The fourth-order valence-electron chi connectivity index (χ4n) is 2.26. The topological polar surface area (TPSA) is 35.5 Å². The number of halogens is 3. The maximum Gasteiger partial charge on any atom is 0.416 e. The van der Waals surface area contributed by atoms with Gasteiger partial charge in [-0.15, -0.1) is 11.8 Å². The number of carbonyl (C=O) groups is 1. The van der Waals surface area contributed by atoms with Gasteiger partial charge in [0.15, 0.2) is 0 Å². The van der Waals surface area contributed by atoms with Gasteiger partial charge in [0.25, 0.3) is 0 Å².